The molecule has 0 saturated heterocycles. The lowest BCUT2D eigenvalue weighted by Crippen LogP contribution is -2.31. The largest absolute Gasteiger partial charge is 0.358 e. The maximum Gasteiger partial charge on any atom is 0.171 e. The lowest BCUT2D eigenvalue weighted by atomic mass is 10.0. The highest BCUT2D eigenvalue weighted by Crippen LogP contribution is 2.22. The highest BCUT2D eigenvalue weighted by molar-refractivity contribution is 7.80. The van der Waals surface area contributed by atoms with Crippen LogP contribution in [0.3, 0.4) is 0 Å². The van der Waals surface area contributed by atoms with E-state index in [0.29, 0.717) is 24.6 Å². The van der Waals surface area contributed by atoms with Crippen molar-refractivity contribution >= 4 is 39.6 Å². The van der Waals surface area contributed by atoms with Crippen LogP contribution >= 0.6 is 12.2 Å². The molecule has 0 aliphatic rings. The Morgan fingerprint density at radius 3 is 2.83 bits per heavy atom. The molecule has 29 heavy (non-hydrogen) atoms. The number of thiocarbonyl (C=S) groups is 1. The van der Waals surface area contributed by atoms with Crippen molar-refractivity contribution in [2.45, 2.75) is 26.3 Å². The zero-order valence-electron chi connectivity index (χ0n) is 16.4. The molecule has 7 heteroatoms. The number of rotatable bonds is 8. The van der Waals surface area contributed by atoms with E-state index < -0.39 is 0 Å². The van der Waals surface area contributed by atoms with Gasteiger partial charge in [0, 0.05) is 19.6 Å². The summed E-state index contributed by atoms with van der Waals surface area (Å²) in [6.07, 6.45) is 4.62. The van der Waals surface area contributed by atoms with Crippen molar-refractivity contribution in [3.05, 3.63) is 60.6 Å². The first-order valence-corrected chi connectivity index (χ1v) is 10.1. The summed E-state index contributed by atoms with van der Waals surface area (Å²) in [4.78, 5) is 10.6. The monoisotopic (exact) mass is 404 g/mol. The Kier molecular flexibility index (Phi) is 7.31. The minimum absolute atomic E-state index is 0.438. The fourth-order valence-electron chi connectivity index (χ4n) is 3.23. The van der Waals surface area contributed by atoms with Crippen LogP contribution in [0.15, 0.2) is 55.0 Å². The van der Waals surface area contributed by atoms with Crippen LogP contribution in [0.2, 0.25) is 0 Å². The molecule has 0 aliphatic heterocycles. The first-order chi connectivity index (χ1) is 14.2. The van der Waals surface area contributed by atoms with Gasteiger partial charge in [0.05, 0.1) is 18.7 Å². The predicted octanol–water partition coefficient (Wildman–Crippen LogP) is 4.25. The molecule has 0 aliphatic carbocycles. The number of hydrogen-bond acceptors (Lipinski definition) is 5. The van der Waals surface area contributed by atoms with E-state index in [9.17, 15) is 0 Å². The van der Waals surface area contributed by atoms with Crippen LogP contribution in [0, 0.1) is 11.3 Å². The Morgan fingerprint density at radius 1 is 1.17 bits per heavy atom. The van der Waals surface area contributed by atoms with Crippen LogP contribution in [0.4, 0.5) is 11.5 Å². The van der Waals surface area contributed by atoms with Gasteiger partial charge in [-0.1, -0.05) is 49.4 Å². The number of nitriles is 1. The van der Waals surface area contributed by atoms with Gasteiger partial charge in [0.1, 0.15) is 12.0 Å². The molecule has 0 spiro atoms. The highest BCUT2D eigenvalue weighted by atomic mass is 32.1. The smallest absolute Gasteiger partial charge is 0.171 e. The SMILES string of the molecule is CCCN(CCC#N)c1ncncc1NC(=S)NCc1cccc2ccccc12. The van der Waals surface area contributed by atoms with E-state index >= 15 is 0 Å². The van der Waals surface area contributed by atoms with Crippen LogP contribution < -0.4 is 15.5 Å². The van der Waals surface area contributed by atoms with Gasteiger partial charge in [0.2, 0.25) is 0 Å². The number of fused-ring (bicyclic) bond motifs is 1. The third-order valence-corrected chi connectivity index (χ3v) is 4.79. The number of anilines is 2. The lowest BCUT2D eigenvalue weighted by Gasteiger charge is -2.24. The van der Waals surface area contributed by atoms with Gasteiger partial charge >= 0.3 is 0 Å². The van der Waals surface area contributed by atoms with Gasteiger partial charge in [-0.3, -0.25) is 0 Å². The van der Waals surface area contributed by atoms with Gasteiger partial charge in [-0.2, -0.15) is 5.26 Å². The number of benzene rings is 2. The van der Waals surface area contributed by atoms with Crippen molar-refractivity contribution in [2.75, 3.05) is 23.3 Å². The minimum atomic E-state index is 0.438. The second-order valence-electron chi connectivity index (χ2n) is 6.60. The number of hydrogen-bond donors (Lipinski definition) is 2. The zero-order valence-corrected chi connectivity index (χ0v) is 17.2. The van der Waals surface area contributed by atoms with Crippen molar-refractivity contribution in [2.24, 2.45) is 0 Å². The molecule has 2 N–H and O–H groups in total. The quantitative estimate of drug-likeness (QED) is 0.544. The Hall–Kier alpha value is -3.24. The second-order valence-corrected chi connectivity index (χ2v) is 7.01. The maximum atomic E-state index is 8.94. The first-order valence-electron chi connectivity index (χ1n) is 9.66. The molecule has 148 valence electrons. The fraction of sp³-hybridized carbons (Fsp3) is 0.273. The van der Waals surface area contributed by atoms with E-state index in [0.717, 1.165) is 24.5 Å². The number of aromatic nitrogens is 2. The van der Waals surface area contributed by atoms with Crippen LogP contribution in [0.1, 0.15) is 25.3 Å². The van der Waals surface area contributed by atoms with E-state index in [1.165, 1.54) is 22.7 Å². The van der Waals surface area contributed by atoms with Crippen molar-refractivity contribution in [3.63, 3.8) is 0 Å². The highest BCUT2D eigenvalue weighted by Gasteiger charge is 2.13. The molecule has 6 nitrogen and oxygen atoms in total. The fourth-order valence-corrected chi connectivity index (χ4v) is 3.41. The molecule has 0 fully saturated rings. The van der Waals surface area contributed by atoms with Crippen molar-refractivity contribution in [1.29, 1.82) is 5.26 Å². The van der Waals surface area contributed by atoms with Gasteiger partial charge in [-0.05, 0) is 35.0 Å². The third kappa shape index (κ3) is 5.39. The molecule has 1 aromatic heterocycles. The molecule has 0 unspecified atom stereocenters. The molecule has 3 aromatic rings. The van der Waals surface area contributed by atoms with Crippen LogP contribution in [0.5, 0.6) is 0 Å². The summed E-state index contributed by atoms with van der Waals surface area (Å²) >= 11 is 5.51. The Bertz CT molecular complexity index is 1010. The zero-order chi connectivity index (χ0) is 20.5. The van der Waals surface area contributed by atoms with Gasteiger partial charge in [0.25, 0.3) is 0 Å². The standard InChI is InChI=1S/C22H24N6S/c1-2-12-28(13-6-11-23)21-20(15-24-16-26-21)27-22(29)25-14-18-9-5-8-17-7-3-4-10-19(17)18/h3-5,7-10,15-16H,2,6,12-14H2,1H3,(H2,25,27,29). The molecular weight excluding hydrogens is 380 g/mol. The molecule has 0 saturated carbocycles. The summed E-state index contributed by atoms with van der Waals surface area (Å²) in [6.45, 7) is 4.14. The van der Waals surface area contributed by atoms with Crippen molar-refractivity contribution < 1.29 is 0 Å². The summed E-state index contributed by atoms with van der Waals surface area (Å²) in [7, 11) is 0. The average molecular weight is 405 g/mol. The van der Waals surface area contributed by atoms with E-state index in [1.807, 2.05) is 12.1 Å². The van der Waals surface area contributed by atoms with Gasteiger partial charge in [-0.15, -0.1) is 0 Å². The number of nitrogens with one attached hydrogen (secondary N) is 2. The van der Waals surface area contributed by atoms with Crippen LogP contribution in [0.25, 0.3) is 10.8 Å². The van der Waals surface area contributed by atoms with E-state index in [-0.39, 0.29) is 0 Å². The Balaban J connectivity index is 1.70. The van der Waals surface area contributed by atoms with E-state index in [4.69, 9.17) is 17.5 Å². The number of nitrogens with zero attached hydrogens (tertiary/aromatic N) is 4. The van der Waals surface area contributed by atoms with E-state index in [1.54, 1.807) is 6.20 Å². The minimum Gasteiger partial charge on any atom is -0.358 e. The normalized spacial score (nSPS) is 10.3. The lowest BCUT2D eigenvalue weighted by molar-refractivity contribution is 0.755. The molecule has 0 atom stereocenters. The molecule has 0 bridgehead atoms. The van der Waals surface area contributed by atoms with Crippen LogP contribution in [-0.2, 0) is 6.54 Å². The Labute approximate surface area is 176 Å². The summed E-state index contributed by atoms with van der Waals surface area (Å²) in [5, 5.41) is 18.4. The maximum absolute atomic E-state index is 8.94. The summed E-state index contributed by atoms with van der Waals surface area (Å²) in [6, 6.07) is 16.7. The molecule has 0 radical (unpaired) electrons. The predicted molar refractivity (Wildman–Crippen MR) is 122 cm³/mol. The topological polar surface area (TPSA) is 76.9 Å². The van der Waals surface area contributed by atoms with Gasteiger partial charge in [-0.25, -0.2) is 9.97 Å². The van der Waals surface area contributed by atoms with Crippen molar-refractivity contribution in [1.82, 2.24) is 15.3 Å². The molecule has 0 amide bonds. The van der Waals surface area contributed by atoms with Crippen LogP contribution in [-0.4, -0.2) is 28.2 Å². The van der Waals surface area contributed by atoms with Crippen molar-refractivity contribution in [3.8, 4) is 6.07 Å². The molecule has 3 rings (SSSR count). The molecular formula is C22H24N6S. The first kappa shape index (κ1) is 20.5. The van der Waals surface area contributed by atoms with Gasteiger partial charge < -0.3 is 15.5 Å². The van der Waals surface area contributed by atoms with Gasteiger partial charge in [0.15, 0.2) is 10.9 Å². The second kappa shape index (κ2) is 10.3. The summed E-state index contributed by atoms with van der Waals surface area (Å²) < 4.78 is 0. The summed E-state index contributed by atoms with van der Waals surface area (Å²) in [5.41, 5.74) is 1.91. The van der Waals surface area contributed by atoms with E-state index in [2.05, 4.69) is 68.8 Å². The third-order valence-electron chi connectivity index (χ3n) is 4.55. The molecule has 1 heterocycles. The molecule has 2 aromatic carbocycles. The summed E-state index contributed by atoms with van der Waals surface area (Å²) in [5.74, 6) is 0.756. The Morgan fingerprint density at radius 2 is 2.00 bits per heavy atom. The average Bonchev–Trinajstić information content (AvgIpc) is 2.75.